The first-order chi connectivity index (χ1) is 12.5. The zero-order valence-electron chi connectivity index (χ0n) is 15.0. The Balaban J connectivity index is 1.84. The van der Waals surface area contributed by atoms with Crippen LogP contribution in [0.1, 0.15) is 39.5 Å². The summed E-state index contributed by atoms with van der Waals surface area (Å²) in [5.41, 5.74) is 4.89. The summed E-state index contributed by atoms with van der Waals surface area (Å²) in [7, 11) is 0. The minimum Gasteiger partial charge on any atom is -0.378 e. The third kappa shape index (κ3) is 4.57. The topological polar surface area (TPSA) is 29.1 Å². The number of hydrogen-bond donors (Lipinski definition) is 1. The van der Waals surface area contributed by atoms with E-state index in [1.807, 2.05) is 62.4 Å². The summed E-state index contributed by atoms with van der Waals surface area (Å²) in [5.74, 6) is -0.357. The number of halogens is 1. The van der Waals surface area contributed by atoms with E-state index in [0.29, 0.717) is 12.0 Å². The summed E-state index contributed by atoms with van der Waals surface area (Å²) < 4.78 is 13.1. The van der Waals surface area contributed by atoms with Gasteiger partial charge in [-0.2, -0.15) is 0 Å². The third-order valence-corrected chi connectivity index (χ3v) is 4.43. The van der Waals surface area contributed by atoms with Crippen molar-refractivity contribution in [3.63, 3.8) is 0 Å². The van der Waals surface area contributed by atoms with E-state index in [1.165, 1.54) is 35.4 Å². The highest BCUT2D eigenvalue weighted by atomic mass is 19.1. The van der Waals surface area contributed by atoms with Gasteiger partial charge in [-0.1, -0.05) is 47.5 Å². The average molecular weight is 347 g/mol. The van der Waals surface area contributed by atoms with Gasteiger partial charge in [-0.15, -0.1) is 0 Å². The Morgan fingerprint density at radius 3 is 1.96 bits per heavy atom. The number of Topliss-reactive ketones (excluding diaryl/α,β-unsaturated/α-hetero) is 1. The fourth-order valence-electron chi connectivity index (χ4n) is 2.84. The Hall–Kier alpha value is -2.94. The minimum atomic E-state index is -0.339. The molecule has 0 saturated carbocycles. The van der Waals surface area contributed by atoms with Crippen LogP contribution in [0.3, 0.4) is 0 Å². The minimum absolute atomic E-state index is 0.0183. The summed E-state index contributed by atoms with van der Waals surface area (Å²) in [4.78, 5) is 12.7. The molecule has 0 heterocycles. The van der Waals surface area contributed by atoms with E-state index in [-0.39, 0.29) is 17.6 Å². The van der Waals surface area contributed by atoms with E-state index in [9.17, 15) is 9.18 Å². The first-order valence-electron chi connectivity index (χ1n) is 8.70. The summed E-state index contributed by atoms with van der Waals surface area (Å²) >= 11 is 0. The summed E-state index contributed by atoms with van der Waals surface area (Å²) in [6, 6.07) is 21.8. The molecule has 132 valence electrons. The Morgan fingerprint density at radius 1 is 0.846 bits per heavy atom. The third-order valence-electron chi connectivity index (χ3n) is 4.43. The molecule has 3 aromatic carbocycles. The van der Waals surface area contributed by atoms with E-state index < -0.39 is 0 Å². The highest BCUT2D eigenvalue weighted by Crippen LogP contribution is 2.25. The van der Waals surface area contributed by atoms with Gasteiger partial charge in [-0.05, 0) is 55.8 Å². The maximum atomic E-state index is 13.1. The number of carbonyl (C=O) groups excluding carboxylic acids is 1. The first kappa shape index (κ1) is 17.9. The van der Waals surface area contributed by atoms with Crippen LogP contribution in [0.25, 0.3) is 0 Å². The van der Waals surface area contributed by atoms with Crippen molar-refractivity contribution in [2.75, 3.05) is 5.32 Å². The SMILES string of the molecule is Cc1ccc(NC(CC(=O)c2ccc(F)cc2)c2ccc(C)cc2)cc1. The standard InChI is InChI=1S/C23H22FNO/c1-16-3-7-18(8-4-16)22(25-21-13-5-17(2)6-14-21)15-23(26)19-9-11-20(24)12-10-19/h3-14,22,25H,15H2,1-2H3. The molecule has 0 amide bonds. The van der Waals surface area contributed by atoms with Crippen LogP contribution < -0.4 is 5.32 Å². The van der Waals surface area contributed by atoms with Crippen LogP contribution in [-0.4, -0.2) is 5.78 Å². The second-order valence-electron chi connectivity index (χ2n) is 6.61. The maximum Gasteiger partial charge on any atom is 0.165 e. The lowest BCUT2D eigenvalue weighted by Crippen LogP contribution is -2.16. The maximum absolute atomic E-state index is 13.1. The predicted octanol–water partition coefficient (Wildman–Crippen LogP) is 5.87. The molecule has 0 fully saturated rings. The quantitative estimate of drug-likeness (QED) is 0.565. The molecule has 0 aliphatic rings. The molecule has 0 spiro atoms. The van der Waals surface area contributed by atoms with Crippen molar-refractivity contribution in [2.24, 2.45) is 0 Å². The van der Waals surface area contributed by atoms with E-state index in [0.717, 1.165) is 11.3 Å². The van der Waals surface area contributed by atoms with E-state index >= 15 is 0 Å². The normalized spacial score (nSPS) is 11.8. The van der Waals surface area contributed by atoms with E-state index in [4.69, 9.17) is 0 Å². The van der Waals surface area contributed by atoms with Crippen LogP contribution in [0.5, 0.6) is 0 Å². The Labute approximate surface area is 153 Å². The molecule has 26 heavy (non-hydrogen) atoms. The van der Waals surface area contributed by atoms with Crippen molar-refractivity contribution in [1.29, 1.82) is 0 Å². The molecule has 1 N–H and O–H groups in total. The lowest BCUT2D eigenvalue weighted by molar-refractivity contribution is 0.0976. The number of hydrogen-bond acceptors (Lipinski definition) is 2. The fourth-order valence-corrected chi connectivity index (χ4v) is 2.84. The van der Waals surface area contributed by atoms with Gasteiger partial charge in [0.25, 0.3) is 0 Å². The number of aryl methyl sites for hydroxylation is 2. The van der Waals surface area contributed by atoms with Gasteiger partial charge in [0.05, 0.1) is 6.04 Å². The summed E-state index contributed by atoms with van der Waals surface area (Å²) in [6.07, 6.45) is 0.294. The molecule has 0 bridgehead atoms. The van der Waals surface area contributed by atoms with Crippen LogP contribution >= 0.6 is 0 Å². The molecule has 3 heteroatoms. The van der Waals surface area contributed by atoms with Gasteiger partial charge in [0, 0.05) is 17.7 Å². The zero-order valence-corrected chi connectivity index (χ0v) is 15.0. The number of anilines is 1. The number of benzene rings is 3. The number of carbonyl (C=O) groups is 1. The number of nitrogens with one attached hydrogen (secondary N) is 1. The molecule has 1 unspecified atom stereocenters. The molecule has 0 radical (unpaired) electrons. The van der Waals surface area contributed by atoms with Gasteiger partial charge in [0.2, 0.25) is 0 Å². The van der Waals surface area contributed by atoms with Crippen molar-refractivity contribution in [2.45, 2.75) is 26.3 Å². The van der Waals surface area contributed by atoms with E-state index in [1.54, 1.807) is 0 Å². The molecule has 0 aromatic heterocycles. The molecule has 0 aliphatic heterocycles. The Bertz CT molecular complexity index is 868. The van der Waals surface area contributed by atoms with Gasteiger partial charge in [0.1, 0.15) is 5.82 Å². The summed E-state index contributed by atoms with van der Waals surface area (Å²) in [5, 5.41) is 3.46. The van der Waals surface area contributed by atoms with Crippen molar-refractivity contribution >= 4 is 11.5 Å². The largest absolute Gasteiger partial charge is 0.378 e. The lowest BCUT2D eigenvalue weighted by Gasteiger charge is -2.20. The molecule has 1 atom stereocenters. The van der Waals surface area contributed by atoms with Crippen LogP contribution in [0.2, 0.25) is 0 Å². The van der Waals surface area contributed by atoms with Crippen molar-refractivity contribution in [1.82, 2.24) is 0 Å². The Morgan fingerprint density at radius 2 is 1.38 bits per heavy atom. The average Bonchev–Trinajstić information content (AvgIpc) is 2.64. The van der Waals surface area contributed by atoms with Crippen LogP contribution in [-0.2, 0) is 0 Å². The van der Waals surface area contributed by atoms with Crippen molar-refractivity contribution < 1.29 is 9.18 Å². The first-order valence-corrected chi connectivity index (χ1v) is 8.70. The number of ketones is 1. The van der Waals surface area contributed by atoms with Crippen LogP contribution in [0.15, 0.2) is 72.8 Å². The van der Waals surface area contributed by atoms with Gasteiger partial charge in [0.15, 0.2) is 5.78 Å². The fraction of sp³-hybridized carbons (Fsp3) is 0.174. The smallest absolute Gasteiger partial charge is 0.165 e. The predicted molar refractivity (Wildman–Crippen MR) is 104 cm³/mol. The summed E-state index contributed by atoms with van der Waals surface area (Å²) in [6.45, 7) is 4.08. The lowest BCUT2D eigenvalue weighted by atomic mass is 9.97. The van der Waals surface area contributed by atoms with Gasteiger partial charge < -0.3 is 5.32 Å². The zero-order chi connectivity index (χ0) is 18.5. The van der Waals surface area contributed by atoms with Crippen LogP contribution in [0, 0.1) is 19.7 Å². The van der Waals surface area contributed by atoms with Crippen molar-refractivity contribution in [3.05, 3.63) is 101 Å². The highest BCUT2D eigenvalue weighted by Gasteiger charge is 2.17. The second-order valence-corrected chi connectivity index (χ2v) is 6.61. The van der Waals surface area contributed by atoms with Gasteiger partial charge in [-0.25, -0.2) is 4.39 Å². The molecule has 0 saturated heterocycles. The molecule has 0 aliphatic carbocycles. The molecule has 2 nitrogen and oxygen atoms in total. The molecular weight excluding hydrogens is 325 g/mol. The number of rotatable bonds is 6. The monoisotopic (exact) mass is 347 g/mol. The molecule has 3 aromatic rings. The van der Waals surface area contributed by atoms with Crippen molar-refractivity contribution in [3.8, 4) is 0 Å². The molecule has 3 rings (SSSR count). The molecular formula is C23H22FNO. The van der Waals surface area contributed by atoms with Gasteiger partial charge >= 0.3 is 0 Å². The van der Waals surface area contributed by atoms with Crippen LogP contribution in [0.4, 0.5) is 10.1 Å². The highest BCUT2D eigenvalue weighted by molar-refractivity contribution is 5.96. The Kier molecular flexibility index (Phi) is 5.47. The van der Waals surface area contributed by atoms with E-state index in [2.05, 4.69) is 5.32 Å². The van der Waals surface area contributed by atoms with Gasteiger partial charge in [-0.3, -0.25) is 4.79 Å². The second kappa shape index (κ2) is 7.96.